The summed E-state index contributed by atoms with van der Waals surface area (Å²) in [7, 11) is 0. The molecule has 0 radical (unpaired) electrons. The summed E-state index contributed by atoms with van der Waals surface area (Å²) in [5, 5.41) is 8.75. The third kappa shape index (κ3) is 4.24. The topological polar surface area (TPSA) is 71.3 Å². The lowest BCUT2D eigenvalue weighted by Gasteiger charge is -2.34. The number of benzene rings is 1. The van der Waals surface area contributed by atoms with Gasteiger partial charge in [0.1, 0.15) is 6.33 Å². The third-order valence-corrected chi connectivity index (χ3v) is 5.30. The Kier molecular flexibility index (Phi) is 5.92. The molecule has 0 unspecified atom stereocenters. The minimum atomic E-state index is 0.0251. The van der Waals surface area contributed by atoms with Crippen molar-refractivity contribution >= 4 is 23.6 Å². The lowest BCUT2D eigenvalue weighted by Crippen LogP contribution is -2.51. The molecule has 2 amide bonds. The summed E-state index contributed by atoms with van der Waals surface area (Å²) in [6, 6.07) is 9.52. The van der Waals surface area contributed by atoms with Crippen molar-refractivity contribution in [3.05, 3.63) is 42.2 Å². The van der Waals surface area contributed by atoms with E-state index < -0.39 is 0 Å². The van der Waals surface area contributed by atoms with E-state index in [4.69, 9.17) is 0 Å². The Balaban J connectivity index is 1.49. The van der Waals surface area contributed by atoms with Gasteiger partial charge >= 0.3 is 0 Å². The zero-order chi connectivity index (χ0) is 18.5. The molecule has 8 heteroatoms. The molecule has 26 heavy (non-hydrogen) atoms. The molecule has 0 atom stereocenters. The van der Waals surface area contributed by atoms with Crippen molar-refractivity contribution in [3.8, 4) is 0 Å². The molecule has 2 aromatic rings. The van der Waals surface area contributed by atoms with Crippen LogP contribution >= 0.6 is 11.8 Å². The van der Waals surface area contributed by atoms with E-state index in [9.17, 15) is 9.59 Å². The molecule has 1 fully saturated rings. The Morgan fingerprint density at radius 1 is 1.08 bits per heavy atom. The molecule has 1 aliphatic heterocycles. The first-order valence-corrected chi connectivity index (χ1v) is 9.69. The highest BCUT2D eigenvalue weighted by Crippen LogP contribution is 2.19. The van der Waals surface area contributed by atoms with Crippen LogP contribution < -0.4 is 0 Å². The first kappa shape index (κ1) is 18.4. The molecule has 0 saturated carbocycles. The van der Waals surface area contributed by atoms with Crippen molar-refractivity contribution in [2.45, 2.75) is 25.0 Å². The number of hydrogen-bond donors (Lipinski definition) is 0. The Labute approximate surface area is 157 Å². The summed E-state index contributed by atoms with van der Waals surface area (Å²) in [4.78, 5) is 28.5. The van der Waals surface area contributed by atoms with Crippen LogP contribution in [0.2, 0.25) is 0 Å². The van der Waals surface area contributed by atoms with Crippen molar-refractivity contribution in [2.75, 3.05) is 31.9 Å². The van der Waals surface area contributed by atoms with E-state index in [1.165, 1.54) is 11.8 Å². The quantitative estimate of drug-likeness (QED) is 0.749. The highest BCUT2D eigenvalue weighted by molar-refractivity contribution is 7.99. The van der Waals surface area contributed by atoms with Gasteiger partial charge in [0.05, 0.1) is 5.75 Å². The summed E-state index contributed by atoms with van der Waals surface area (Å²) >= 11 is 1.41. The van der Waals surface area contributed by atoms with Crippen LogP contribution in [0.3, 0.4) is 0 Å². The lowest BCUT2D eigenvalue weighted by atomic mass is 10.2. The zero-order valence-corrected chi connectivity index (χ0v) is 15.9. The van der Waals surface area contributed by atoms with Gasteiger partial charge in [-0.2, -0.15) is 0 Å². The van der Waals surface area contributed by atoms with Crippen LogP contribution in [0.4, 0.5) is 0 Å². The molecule has 1 aliphatic rings. The number of piperazine rings is 1. The number of nitrogens with zero attached hydrogens (tertiary/aromatic N) is 5. The summed E-state index contributed by atoms with van der Waals surface area (Å²) in [5.41, 5.74) is 0.691. The molecule has 1 aromatic heterocycles. The molecule has 0 spiro atoms. The molecular weight excluding hydrogens is 350 g/mol. The number of hydrogen-bond acceptors (Lipinski definition) is 5. The van der Waals surface area contributed by atoms with E-state index >= 15 is 0 Å². The second-order valence-electron chi connectivity index (χ2n) is 6.44. The van der Waals surface area contributed by atoms with E-state index in [1.54, 1.807) is 6.33 Å². The Bertz CT molecular complexity index is 754. The van der Waals surface area contributed by atoms with E-state index in [0.717, 1.165) is 5.16 Å². The van der Waals surface area contributed by atoms with Crippen LogP contribution in [0.15, 0.2) is 41.8 Å². The van der Waals surface area contributed by atoms with Gasteiger partial charge < -0.3 is 14.4 Å². The van der Waals surface area contributed by atoms with Crippen molar-refractivity contribution < 1.29 is 9.59 Å². The molecule has 0 bridgehead atoms. The van der Waals surface area contributed by atoms with E-state index in [2.05, 4.69) is 24.0 Å². The molecule has 0 N–H and O–H groups in total. The van der Waals surface area contributed by atoms with Gasteiger partial charge in [-0.1, -0.05) is 30.0 Å². The minimum Gasteiger partial charge on any atom is -0.338 e. The average molecular weight is 373 g/mol. The third-order valence-electron chi connectivity index (χ3n) is 4.36. The SMILES string of the molecule is CC(C)n1cnnc1SCC(=O)N1CCN(C(=O)c2ccccc2)CC1. The highest BCUT2D eigenvalue weighted by Gasteiger charge is 2.25. The first-order valence-electron chi connectivity index (χ1n) is 8.70. The fourth-order valence-corrected chi connectivity index (χ4v) is 3.78. The van der Waals surface area contributed by atoms with Crippen molar-refractivity contribution in [2.24, 2.45) is 0 Å². The Morgan fingerprint density at radius 2 is 1.73 bits per heavy atom. The van der Waals surface area contributed by atoms with Gasteiger partial charge in [-0.3, -0.25) is 9.59 Å². The van der Waals surface area contributed by atoms with E-state index in [-0.39, 0.29) is 17.9 Å². The van der Waals surface area contributed by atoms with Crippen LogP contribution in [-0.2, 0) is 4.79 Å². The van der Waals surface area contributed by atoms with Gasteiger partial charge in [0, 0.05) is 37.8 Å². The van der Waals surface area contributed by atoms with Crippen LogP contribution in [0, 0.1) is 0 Å². The maximum atomic E-state index is 12.5. The zero-order valence-electron chi connectivity index (χ0n) is 15.0. The molecular formula is C18H23N5O2S. The summed E-state index contributed by atoms with van der Waals surface area (Å²) in [5.74, 6) is 0.426. The summed E-state index contributed by atoms with van der Waals surface area (Å²) < 4.78 is 1.95. The summed E-state index contributed by atoms with van der Waals surface area (Å²) in [6.07, 6.45) is 1.69. The van der Waals surface area contributed by atoms with Gasteiger partial charge in [0.2, 0.25) is 5.91 Å². The maximum Gasteiger partial charge on any atom is 0.253 e. The standard InChI is InChI=1S/C18H23N5O2S/c1-14(2)23-13-19-20-18(23)26-12-16(24)21-8-10-22(11-9-21)17(25)15-6-4-3-5-7-15/h3-7,13-14H,8-12H2,1-2H3. The van der Waals surface area contributed by atoms with Crippen LogP contribution in [0.25, 0.3) is 0 Å². The Hall–Kier alpha value is -2.35. The smallest absolute Gasteiger partial charge is 0.253 e. The number of aromatic nitrogens is 3. The summed E-state index contributed by atoms with van der Waals surface area (Å²) in [6.45, 7) is 6.36. The molecule has 1 saturated heterocycles. The molecule has 7 nitrogen and oxygen atoms in total. The lowest BCUT2D eigenvalue weighted by molar-refractivity contribution is -0.129. The first-order chi connectivity index (χ1) is 12.6. The van der Waals surface area contributed by atoms with Gasteiger partial charge in [-0.25, -0.2) is 0 Å². The fourth-order valence-electron chi connectivity index (χ4n) is 2.83. The number of thioether (sulfide) groups is 1. The molecule has 1 aromatic carbocycles. The number of carbonyl (C=O) groups excluding carboxylic acids is 2. The second kappa shape index (κ2) is 8.35. The predicted octanol–water partition coefficient (Wildman–Crippen LogP) is 1.94. The number of amides is 2. The van der Waals surface area contributed by atoms with Crippen molar-refractivity contribution in [3.63, 3.8) is 0 Å². The monoisotopic (exact) mass is 373 g/mol. The second-order valence-corrected chi connectivity index (χ2v) is 7.38. The van der Waals surface area contributed by atoms with Crippen molar-refractivity contribution in [1.29, 1.82) is 0 Å². The number of rotatable bonds is 5. The minimum absolute atomic E-state index is 0.0251. The van der Waals surface area contributed by atoms with E-state index in [0.29, 0.717) is 37.5 Å². The largest absolute Gasteiger partial charge is 0.338 e. The van der Waals surface area contributed by atoms with E-state index in [1.807, 2.05) is 44.7 Å². The van der Waals surface area contributed by atoms with Crippen LogP contribution in [0.5, 0.6) is 0 Å². The van der Waals surface area contributed by atoms with Crippen molar-refractivity contribution in [1.82, 2.24) is 24.6 Å². The average Bonchev–Trinajstić information content (AvgIpc) is 3.15. The van der Waals surface area contributed by atoms with Gasteiger partial charge in [-0.15, -0.1) is 10.2 Å². The normalized spacial score (nSPS) is 14.7. The highest BCUT2D eigenvalue weighted by atomic mass is 32.2. The molecule has 3 rings (SSSR count). The Morgan fingerprint density at radius 3 is 2.38 bits per heavy atom. The molecule has 2 heterocycles. The number of carbonyl (C=O) groups is 2. The molecule has 138 valence electrons. The predicted molar refractivity (Wildman–Crippen MR) is 100 cm³/mol. The van der Waals surface area contributed by atoms with Crippen LogP contribution in [0.1, 0.15) is 30.2 Å². The maximum absolute atomic E-state index is 12.5. The van der Waals surface area contributed by atoms with Gasteiger partial charge in [0.25, 0.3) is 5.91 Å². The molecule has 0 aliphatic carbocycles. The van der Waals surface area contributed by atoms with Gasteiger partial charge in [-0.05, 0) is 26.0 Å². The van der Waals surface area contributed by atoms with Gasteiger partial charge in [0.15, 0.2) is 5.16 Å². The fraction of sp³-hybridized carbons (Fsp3) is 0.444. The van der Waals surface area contributed by atoms with Crippen LogP contribution in [-0.4, -0.2) is 68.3 Å².